The van der Waals surface area contributed by atoms with Crippen LogP contribution in [-0.4, -0.2) is 23.4 Å². The van der Waals surface area contributed by atoms with E-state index in [1.807, 2.05) is 0 Å². The van der Waals surface area contributed by atoms with Crippen molar-refractivity contribution in [3.8, 4) is 0 Å². The van der Waals surface area contributed by atoms with Gasteiger partial charge in [-0.15, -0.1) is 6.58 Å². The molecule has 4 heteroatoms. The van der Waals surface area contributed by atoms with Gasteiger partial charge in [-0.3, -0.25) is 4.79 Å². The molecule has 1 amide bonds. The zero-order valence-electron chi connectivity index (χ0n) is 9.33. The van der Waals surface area contributed by atoms with Crippen molar-refractivity contribution in [3.63, 3.8) is 0 Å². The second-order valence-electron chi connectivity index (χ2n) is 4.07. The first-order valence-corrected chi connectivity index (χ1v) is 6.30. The van der Waals surface area contributed by atoms with Crippen LogP contribution < -0.4 is 0 Å². The van der Waals surface area contributed by atoms with Gasteiger partial charge in [-0.25, -0.2) is 4.39 Å². The van der Waals surface area contributed by atoms with Crippen LogP contribution in [0.3, 0.4) is 0 Å². The maximum atomic E-state index is 13.7. The van der Waals surface area contributed by atoms with Crippen LogP contribution in [0.4, 0.5) is 4.39 Å². The predicted molar refractivity (Wildman–Crippen MR) is 68.4 cm³/mol. The number of carbonyl (C=O) groups excluding carboxylic acids is 1. The molecule has 1 aromatic rings. The SMILES string of the molecule is C=CCN(C(=O)c1c(F)cccc1Br)C1CC1. The van der Waals surface area contributed by atoms with Gasteiger partial charge < -0.3 is 4.90 Å². The third kappa shape index (κ3) is 2.57. The monoisotopic (exact) mass is 297 g/mol. The first-order chi connectivity index (χ1) is 8.15. The fraction of sp³-hybridized carbons (Fsp3) is 0.308. The van der Waals surface area contributed by atoms with Gasteiger partial charge in [-0.2, -0.15) is 0 Å². The molecular weight excluding hydrogens is 285 g/mol. The lowest BCUT2D eigenvalue weighted by molar-refractivity contribution is 0.0757. The predicted octanol–water partition coefficient (Wildman–Crippen LogP) is 3.38. The van der Waals surface area contributed by atoms with Gasteiger partial charge in [0, 0.05) is 17.1 Å². The molecule has 0 aromatic heterocycles. The van der Waals surface area contributed by atoms with Crippen LogP contribution in [0.5, 0.6) is 0 Å². The molecule has 1 saturated carbocycles. The minimum atomic E-state index is -0.487. The van der Waals surface area contributed by atoms with Crippen LogP contribution in [0.15, 0.2) is 35.3 Å². The first kappa shape index (κ1) is 12.3. The van der Waals surface area contributed by atoms with Crippen LogP contribution in [-0.2, 0) is 0 Å². The summed E-state index contributed by atoms with van der Waals surface area (Å²) in [4.78, 5) is 13.9. The van der Waals surface area contributed by atoms with Gasteiger partial charge in [0.1, 0.15) is 5.82 Å². The van der Waals surface area contributed by atoms with E-state index in [2.05, 4.69) is 22.5 Å². The summed E-state index contributed by atoms with van der Waals surface area (Å²) in [5, 5.41) is 0. The molecule has 0 saturated heterocycles. The Morgan fingerprint density at radius 3 is 2.82 bits per heavy atom. The van der Waals surface area contributed by atoms with Gasteiger partial charge in [0.2, 0.25) is 0 Å². The molecule has 2 rings (SSSR count). The van der Waals surface area contributed by atoms with Crippen molar-refractivity contribution >= 4 is 21.8 Å². The van der Waals surface area contributed by atoms with Crippen molar-refractivity contribution in [2.45, 2.75) is 18.9 Å². The summed E-state index contributed by atoms with van der Waals surface area (Å²) in [5.41, 5.74) is 0.112. The molecule has 0 radical (unpaired) electrons. The minimum Gasteiger partial charge on any atom is -0.332 e. The molecule has 0 N–H and O–H groups in total. The normalized spacial score (nSPS) is 14.5. The smallest absolute Gasteiger partial charge is 0.258 e. The van der Waals surface area contributed by atoms with Gasteiger partial charge in [0.15, 0.2) is 0 Å². The quantitative estimate of drug-likeness (QED) is 0.780. The van der Waals surface area contributed by atoms with Gasteiger partial charge >= 0.3 is 0 Å². The fourth-order valence-electron chi connectivity index (χ4n) is 1.77. The van der Waals surface area contributed by atoms with E-state index in [0.29, 0.717) is 11.0 Å². The van der Waals surface area contributed by atoms with E-state index in [1.54, 1.807) is 23.1 Å². The number of nitrogens with zero attached hydrogens (tertiary/aromatic N) is 1. The van der Waals surface area contributed by atoms with Crippen LogP contribution in [0.1, 0.15) is 23.2 Å². The average Bonchev–Trinajstić information content (AvgIpc) is 3.09. The van der Waals surface area contributed by atoms with Crippen LogP contribution in [0, 0.1) is 5.82 Å². The number of benzene rings is 1. The molecular formula is C13H13BrFNO. The Hall–Kier alpha value is -1.16. The van der Waals surface area contributed by atoms with E-state index >= 15 is 0 Å². The van der Waals surface area contributed by atoms with Crippen molar-refractivity contribution < 1.29 is 9.18 Å². The highest BCUT2D eigenvalue weighted by molar-refractivity contribution is 9.10. The summed E-state index contributed by atoms with van der Waals surface area (Å²) < 4.78 is 14.2. The number of hydrogen-bond acceptors (Lipinski definition) is 1. The Morgan fingerprint density at radius 2 is 2.29 bits per heavy atom. The maximum absolute atomic E-state index is 13.7. The zero-order valence-corrected chi connectivity index (χ0v) is 10.9. The molecule has 2 nitrogen and oxygen atoms in total. The summed E-state index contributed by atoms with van der Waals surface area (Å²) in [5.74, 6) is -0.753. The maximum Gasteiger partial charge on any atom is 0.258 e. The molecule has 0 unspecified atom stereocenters. The van der Waals surface area contributed by atoms with Crippen molar-refractivity contribution in [3.05, 3.63) is 46.7 Å². The molecule has 0 heterocycles. The van der Waals surface area contributed by atoms with E-state index in [4.69, 9.17) is 0 Å². The lowest BCUT2D eigenvalue weighted by Crippen LogP contribution is -2.34. The van der Waals surface area contributed by atoms with Crippen LogP contribution in [0.25, 0.3) is 0 Å². The number of amides is 1. The lowest BCUT2D eigenvalue weighted by atomic mass is 10.2. The molecule has 0 atom stereocenters. The molecule has 1 aliphatic rings. The van der Waals surface area contributed by atoms with Crippen LogP contribution in [0.2, 0.25) is 0 Å². The summed E-state index contributed by atoms with van der Waals surface area (Å²) in [6, 6.07) is 4.80. The number of carbonyl (C=O) groups is 1. The van der Waals surface area contributed by atoms with Crippen molar-refractivity contribution in [2.24, 2.45) is 0 Å². The second-order valence-corrected chi connectivity index (χ2v) is 4.93. The van der Waals surface area contributed by atoms with Gasteiger partial charge in [-0.05, 0) is 40.9 Å². The summed E-state index contributed by atoms with van der Waals surface area (Å²) in [7, 11) is 0. The molecule has 17 heavy (non-hydrogen) atoms. The molecule has 1 aromatic carbocycles. The highest BCUT2D eigenvalue weighted by atomic mass is 79.9. The molecule has 90 valence electrons. The summed E-state index contributed by atoms with van der Waals surface area (Å²) in [6.07, 6.45) is 3.66. The fourth-order valence-corrected chi connectivity index (χ4v) is 2.28. The Morgan fingerprint density at radius 1 is 1.59 bits per heavy atom. The van der Waals surface area contributed by atoms with E-state index in [-0.39, 0.29) is 17.5 Å². The lowest BCUT2D eigenvalue weighted by Gasteiger charge is -2.21. The molecule has 0 bridgehead atoms. The van der Waals surface area contributed by atoms with E-state index in [1.165, 1.54) is 6.07 Å². The van der Waals surface area contributed by atoms with E-state index in [0.717, 1.165) is 12.8 Å². The highest BCUT2D eigenvalue weighted by Crippen LogP contribution is 2.30. The van der Waals surface area contributed by atoms with Crippen molar-refractivity contribution in [1.29, 1.82) is 0 Å². The Kier molecular flexibility index (Phi) is 3.62. The van der Waals surface area contributed by atoms with Gasteiger partial charge in [-0.1, -0.05) is 12.1 Å². The average molecular weight is 298 g/mol. The largest absolute Gasteiger partial charge is 0.332 e. The Labute approximate surface area is 108 Å². The van der Waals surface area contributed by atoms with Crippen molar-refractivity contribution in [2.75, 3.05) is 6.54 Å². The van der Waals surface area contributed by atoms with E-state index < -0.39 is 5.82 Å². The number of halogens is 2. The van der Waals surface area contributed by atoms with Gasteiger partial charge in [0.25, 0.3) is 5.91 Å². The topological polar surface area (TPSA) is 20.3 Å². The van der Waals surface area contributed by atoms with Gasteiger partial charge in [0.05, 0.1) is 5.56 Å². The number of hydrogen-bond donors (Lipinski definition) is 0. The molecule has 1 aliphatic carbocycles. The molecule has 0 spiro atoms. The zero-order chi connectivity index (χ0) is 12.4. The summed E-state index contributed by atoms with van der Waals surface area (Å²) >= 11 is 3.22. The Balaban J connectivity index is 2.31. The highest BCUT2D eigenvalue weighted by Gasteiger charge is 2.33. The third-order valence-electron chi connectivity index (χ3n) is 2.75. The van der Waals surface area contributed by atoms with E-state index in [9.17, 15) is 9.18 Å². The molecule has 0 aliphatic heterocycles. The standard InChI is InChI=1S/C13H13BrFNO/c1-2-8-16(9-6-7-9)13(17)12-10(14)4-3-5-11(12)15/h2-5,9H,1,6-8H2. The second kappa shape index (κ2) is 5.00. The number of rotatable bonds is 4. The van der Waals surface area contributed by atoms with Crippen molar-refractivity contribution in [1.82, 2.24) is 4.90 Å². The Bertz CT molecular complexity index is 436. The third-order valence-corrected chi connectivity index (χ3v) is 3.41. The summed E-state index contributed by atoms with van der Waals surface area (Å²) in [6.45, 7) is 4.09. The minimum absolute atomic E-state index is 0.112. The van der Waals surface area contributed by atoms with Crippen LogP contribution >= 0.6 is 15.9 Å². The first-order valence-electron chi connectivity index (χ1n) is 5.51. The molecule has 1 fully saturated rings.